The van der Waals surface area contributed by atoms with E-state index >= 15 is 0 Å². The summed E-state index contributed by atoms with van der Waals surface area (Å²) in [6, 6.07) is 1.37. The van der Waals surface area contributed by atoms with E-state index in [-0.39, 0.29) is 0 Å². The van der Waals surface area contributed by atoms with E-state index in [1.807, 2.05) is 0 Å². The first kappa shape index (κ1) is 8.96. The second kappa shape index (κ2) is 3.21. The van der Waals surface area contributed by atoms with Gasteiger partial charge < -0.3 is 0 Å². The van der Waals surface area contributed by atoms with E-state index in [1.54, 1.807) is 0 Å². The quantitative estimate of drug-likeness (QED) is 0.531. The van der Waals surface area contributed by atoms with E-state index in [4.69, 9.17) is 0 Å². The third-order valence-electron chi connectivity index (χ3n) is 1.49. The van der Waals surface area contributed by atoms with Crippen molar-refractivity contribution < 1.29 is 0 Å². The Kier molecular flexibility index (Phi) is 3.19. The minimum absolute atomic E-state index is 0.838. The van der Waals surface area contributed by atoms with Gasteiger partial charge in [-0.3, -0.25) is 0 Å². The molecule has 0 rings (SSSR count). The van der Waals surface area contributed by atoms with Crippen LogP contribution in [0.2, 0.25) is 19.1 Å². The standard InChI is InChI=1S/C8H18Si/c1-6-9(4,5)7-8(2)3/h6,8H,1,7H2,2-5H3. The highest BCUT2D eigenvalue weighted by atomic mass is 28.3. The van der Waals surface area contributed by atoms with Crippen molar-refractivity contribution in [3.05, 3.63) is 12.3 Å². The highest BCUT2D eigenvalue weighted by molar-refractivity contribution is 6.82. The second-order valence-electron chi connectivity index (χ2n) is 3.79. The van der Waals surface area contributed by atoms with Gasteiger partial charge in [-0.05, 0) is 5.92 Å². The Morgan fingerprint density at radius 3 is 2.00 bits per heavy atom. The summed E-state index contributed by atoms with van der Waals surface area (Å²) in [4.78, 5) is 0. The smallest absolute Gasteiger partial charge is 0.0712 e. The van der Waals surface area contributed by atoms with E-state index in [9.17, 15) is 0 Å². The Hall–Kier alpha value is -0.0431. The summed E-state index contributed by atoms with van der Waals surface area (Å²) in [5, 5.41) is 0. The molecule has 0 aliphatic rings. The molecule has 0 bridgehead atoms. The molecule has 0 aromatic rings. The molecule has 0 aromatic heterocycles. The maximum atomic E-state index is 3.85. The minimum atomic E-state index is -0.976. The van der Waals surface area contributed by atoms with Crippen molar-refractivity contribution in [2.24, 2.45) is 5.92 Å². The van der Waals surface area contributed by atoms with Gasteiger partial charge in [-0.2, -0.15) is 0 Å². The van der Waals surface area contributed by atoms with Crippen molar-refractivity contribution in [1.29, 1.82) is 0 Å². The van der Waals surface area contributed by atoms with Crippen LogP contribution in [0.1, 0.15) is 13.8 Å². The molecule has 0 fully saturated rings. The summed E-state index contributed by atoms with van der Waals surface area (Å²) in [6.07, 6.45) is 0. The molecule has 0 nitrogen and oxygen atoms in total. The van der Waals surface area contributed by atoms with Gasteiger partial charge in [-0.25, -0.2) is 0 Å². The molecule has 0 aliphatic carbocycles. The van der Waals surface area contributed by atoms with Gasteiger partial charge in [0.15, 0.2) is 0 Å². The summed E-state index contributed by atoms with van der Waals surface area (Å²) < 4.78 is 0. The summed E-state index contributed by atoms with van der Waals surface area (Å²) in [6.45, 7) is 13.1. The normalized spacial score (nSPS) is 12.1. The van der Waals surface area contributed by atoms with Crippen LogP contribution in [0.4, 0.5) is 0 Å². The second-order valence-corrected chi connectivity index (χ2v) is 8.58. The summed E-state index contributed by atoms with van der Waals surface area (Å²) >= 11 is 0. The lowest BCUT2D eigenvalue weighted by atomic mass is 10.3. The van der Waals surface area contributed by atoms with Crippen molar-refractivity contribution >= 4 is 8.07 Å². The first-order valence-corrected chi connectivity index (χ1v) is 6.90. The molecule has 0 radical (unpaired) electrons. The van der Waals surface area contributed by atoms with Crippen LogP contribution in [0.3, 0.4) is 0 Å². The molecule has 54 valence electrons. The molecule has 0 atom stereocenters. The Morgan fingerprint density at radius 1 is 1.44 bits per heavy atom. The Morgan fingerprint density at radius 2 is 1.89 bits per heavy atom. The highest BCUT2D eigenvalue weighted by Gasteiger charge is 2.16. The van der Waals surface area contributed by atoms with Crippen molar-refractivity contribution in [3.8, 4) is 0 Å². The zero-order chi connectivity index (χ0) is 7.49. The molecule has 0 saturated carbocycles. The van der Waals surface area contributed by atoms with Gasteiger partial charge in [0.1, 0.15) is 0 Å². The Bertz CT molecular complexity index is 92.7. The molecular weight excluding hydrogens is 124 g/mol. The van der Waals surface area contributed by atoms with E-state index in [1.165, 1.54) is 6.04 Å². The molecule has 0 heterocycles. The summed E-state index contributed by atoms with van der Waals surface area (Å²) in [5.41, 5.74) is 2.17. The lowest BCUT2D eigenvalue weighted by molar-refractivity contribution is 0.722. The average molecular weight is 142 g/mol. The first-order valence-electron chi connectivity index (χ1n) is 3.61. The molecular formula is C8H18Si. The fourth-order valence-electron chi connectivity index (χ4n) is 1.14. The summed E-state index contributed by atoms with van der Waals surface area (Å²) in [7, 11) is -0.976. The zero-order valence-corrected chi connectivity index (χ0v) is 8.07. The largest absolute Gasteiger partial charge is 0.107 e. The molecule has 0 unspecified atom stereocenters. The van der Waals surface area contributed by atoms with E-state index in [0.29, 0.717) is 0 Å². The Labute approximate surface area is 60.0 Å². The van der Waals surface area contributed by atoms with Gasteiger partial charge in [0.25, 0.3) is 0 Å². The van der Waals surface area contributed by atoms with E-state index < -0.39 is 8.07 Å². The predicted molar refractivity (Wildman–Crippen MR) is 47.3 cm³/mol. The van der Waals surface area contributed by atoms with Crippen molar-refractivity contribution in [2.75, 3.05) is 0 Å². The molecule has 0 amide bonds. The van der Waals surface area contributed by atoms with Crippen LogP contribution in [-0.4, -0.2) is 8.07 Å². The van der Waals surface area contributed by atoms with Crippen molar-refractivity contribution in [2.45, 2.75) is 33.0 Å². The van der Waals surface area contributed by atoms with Crippen LogP contribution in [0.15, 0.2) is 12.3 Å². The van der Waals surface area contributed by atoms with Gasteiger partial charge in [0.05, 0.1) is 8.07 Å². The number of rotatable bonds is 3. The van der Waals surface area contributed by atoms with Crippen LogP contribution in [0.5, 0.6) is 0 Å². The highest BCUT2D eigenvalue weighted by Crippen LogP contribution is 2.16. The van der Waals surface area contributed by atoms with Crippen LogP contribution in [0, 0.1) is 5.92 Å². The monoisotopic (exact) mass is 142 g/mol. The molecule has 0 spiro atoms. The number of hydrogen-bond acceptors (Lipinski definition) is 0. The summed E-state index contributed by atoms with van der Waals surface area (Å²) in [5.74, 6) is 0.838. The maximum absolute atomic E-state index is 3.85. The first-order chi connectivity index (χ1) is 3.98. The van der Waals surface area contributed by atoms with E-state index in [2.05, 4.69) is 39.2 Å². The molecule has 0 aliphatic heterocycles. The van der Waals surface area contributed by atoms with Crippen LogP contribution in [0.25, 0.3) is 0 Å². The van der Waals surface area contributed by atoms with Gasteiger partial charge >= 0.3 is 0 Å². The van der Waals surface area contributed by atoms with Gasteiger partial charge in [0, 0.05) is 0 Å². The molecule has 0 aromatic carbocycles. The average Bonchev–Trinajstić information content (AvgIpc) is 1.63. The van der Waals surface area contributed by atoms with Gasteiger partial charge in [0.2, 0.25) is 0 Å². The minimum Gasteiger partial charge on any atom is -0.107 e. The lowest BCUT2D eigenvalue weighted by Crippen LogP contribution is -2.23. The third-order valence-corrected chi connectivity index (χ3v) is 4.46. The molecule has 1 heteroatoms. The van der Waals surface area contributed by atoms with Gasteiger partial charge in [-0.1, -0.05) is 33.0 Å². The lowest BCUT2D eigenvalue weighted by Gasteiger charge is -2.18. The maximum Gasteiger partial charge on any atom is 0.0712 e. The van der Waals surface area contributed by atoms with Crippen LogP contribution >= 0.6 is 0 Å². The third kappa shape index (κ3) is 4.46. The molecule has 0 N–H and O–H groups in total. The molecule has 0 saturated heterocycles. The van der Waals surface area contributed by atoms with Crippen molar-refractivity contribution in [1.82, 2.24) is 0 Å². The number of hydrogen-bond donors (Lipinski definition) is 0. The fourth-order valence-corrected chi connectivity index (χ4v) is 3.41. The van der Waals surface area contributed by atoms with Crippen molar-refractivity contribution in [3.63, 3.8) is 0 Å². The van der Waals surface area contributed by atoms with Crippen LogP contribution < -0.4 is 0 Å². The SMILES string of the molecule is C=C[Si](C)(C)CC(C)C. The predicted octanol–water partition coefficient (Wildman–Crippen LogP) is 3.08. The topological polar surface area (TPSA) is 0 Å². The molecule has 9 heavy (non-hydrogen) atoms. The Balaban J connectivity index is 3.71. The fraction of sp³-hybridized carbons (Fsp3) is 0.750. The van der Waals surface area contributed by atoms with E-state index in [0.717, 1.165) is 5.92 Å². The zero-order valence-electron chi connectivity index (χ0n) is 7.07. The van der Waals surface area contributed by atoms with Crippen LogP contribution in [-0.2, 0) is 0 Å². The van der Waals surface area contributed by atoms with Gasteiger partial charge in [-0.15, -0.1) is 12.3 Å².